The number of allylic oxidation sites excluding steroid dienone is 1. The van der Waals surface area contributed by atoms with Crippen LogP contribution in [0.2, 0.25) is 0 Å². The minimum absolute atomic E-state index is 0.0256. The molecule has 5 N–H and O–H groups in total. The zero-order valence-corrected chi connectivity index (χ0v) is 12.3. The molecule has 0 unspecified atom stereocenters. The summed E-state index contributed by atoms with van der Waals surface area (Å²) in [7, 11) is 2.92. The number of rotatable bonds is 6. The number of carbonyl (C=O) groups is 1. The van der Waals surface area contributed by atoms with Crippen LogP contribution in [0.25, 0.3) is 0 Å². The third-order valence-corrected chi connectivity index (χ3v) is 3.39. The molecule has 120 valence electrons. The van der Waals surface area contributed by atoms with Gasteiger partial charge < -0.3 is 30.5 Å². The first-order valence-electron chi connectivity index (χ1n) is 6.51. The summed E-state index contributed by atoms with van der Waals surface area (Å²) < 4.78 is 5.22. The second-order valence-electron chi connectivity index (χ2n) is 5.12. The first-order chi connectivity index (χ1) is 9.77. The average molecular weight is 302 g/mol. The van der Waals surface area contributed by atoms with Crippen molar-refractivity contribution in [3.63, 3.8) is 0 Å². The number of ether oxygens (including phenoxy) is 1. The van der Waals surface area contributed by atoms with Crippen molar-refractivity contribution in [2.45, 2.75) is 37.5 Å². The monoisotopic (exact) mass is 302 g/mol. The molecule has 0 heterocycles. The van der Waals surface area contributed by atoms with Gasteiger partial charge in [-0.05, 0) is 6.92 Å². The highest BCUT2D eigenvalue weighted by molar-refractivity contribution is 6.00. The van der Waals surface area contributed by atoms with Crippen molar-refractivity contribution in [2.75, 3.05) is 20.8 Å². The molecule has 8 heteroatoms. The van der Waals surface area contributed by atoms with Crippen LogP contribution in [0.4, 0.5) is 0 Å². The molecule has 0 fully saturated rings. The van der Waals surface area contributed by atoms with E-state index in [2.05, 4.69) is 10.3 Å². The van der Waals surface area contributed by atoms with Crippen LogP contribution < -0.4 is 5.32 Å². The molecule has 0 radical (unpaired) electrons. The highest BCUT2D eigenvalue weighted by atomic mass is 16.5. The van der Waals surface area contributed by atoms with Crippen LogP contribution in [0.5, 0.6) is 0 Å². The van der Waals surface area contributed by atoms with Gasteiger partial charge in [0.2, 0.25) is 0 Å². The van der Waals surface area contributed by atoms with Gasteiger partial charge in [-0.1, -0.05) is 0 Å². The molecule has 0 aromatic carbocycles. The highest BCUT2D eigenvalue weighted by Crippen LogP contribution is 2.30. The number of aliphatic hydroxyl groups excluding tert-OH is 2. The number of hydrogen-bond donors (Lipinski definition) is 5. The molecular formula is C13H22N2O6. The Labute approximate surface area is 122 Å². The van der Waals surface area contributed by atoms with Gasteiger partial charge in [0.15, 0.2) is 11.8 Å². The van der Waals surface area contributed by atoms with Crippen LogP contribution in [0, 0.1) is 0 Å². The number of aliphatic hydroxyl groups is 3. The molecule has 0 saturated carbocycles. The topological polar surface area (TPSA) is 132 Å². The van der Waals surface area contributed by atoms with Crippen LogP contribution >= 0.6 is 0 Å². The molecular weight excluding hydrogens is 280 g/mol. The maximum Gasteiger partial charge on any atom is 0.328 e. The van der Waals surface area contributed by atoms with Gasteiger partial charge in [-0.15, -0.1) is 0 Å². The first kappa shape index (κ1) is 17.4. The van der Waals surface area contributed by atoms with Gasteiger partial charge in [-0.2, -0.15) is 0 Å². The lowest BCUT2D eigenvalue weighted by atomic mass is 9.85. The maximum atomic E-state index is 11.2. The standard InChI is InChI=1S/C13H22N2O6/c1-7(17)10(12(18)19)15-9-5-13(20,6-16)4-8(14-2)11(9)21-3/h7,10,15-17,20H,4-6H2,1-3H3,(H,18,19)/t7-,10+,13+/m1/s1. The smallest absolute Gasteiger partial charge is 0.328 e. The number of nitrogens with zero attached hydrogens (tertiary/aromatic N) is 1. The Bertz CT molecular complexity index is 460. The van der Waals surface area contributed by atoms with E-state index in [0.29, 0.717) is 11.5 Å². The summed E-state index contributed by atoms with van der Waals surface area (Å²) in [5, 5.41) is 40.9. The number of methoxy groups -OCH3 is 1. The van der Waals surface area contributed by atoms with Crippen molar-refractivity contribution in [3.8, 4) is 0 Å². The second kappa shape index (κ2) is 6.88. The summed E-state index contributed by atoms with van der Waals surface area (Å²) >= 11 is 0. The van der Waals surface area contributed by atoms with Gasteiger partial charge in [-0.3, -0.25) is 4.99 Å². The van der Waals surface area contributed by atoms with Gasteiger partial charge in [0.05, 0.1) is 36.8 Å². The molecule has 0 amide bonds. The highest BCUT2D eigenvalue weighted by Gasteiger charge is 2.39. The quantitative estimate of drug-likeness (QED) is 0.419. The average Bonchev–Trinajstić information content (AvgIpc) is 2.43. The van der Waals surface area contributed by atoms with Crippen molar-refractivity contribution in [1.82, 2.24) is 5.32 Å². The van der Waals surface area contributed by atoms with Crippen molar-refractivity contribution < 1.29 is 30.0 Å². The first-order valence-corrected chi connectivity index (χ1v) is 6.51. The van der Waals surface area contributed by atoms with Crippen LogP contribution in [0.1, 0.15) is 19.8 Å². The molecule has 1 aliphatic rings. The molecule has 0 aromatic rings. The minimum atomic E-state index is -1.44. The summed E-state index contributed by atoms with van der Waals surface area (Å²) in [6, 6.07) is -1.26. The molecule has 3 atom stereocenters. The fourth-order valence-corrected chi connectivity index (χ4v) is 2.26. The second-order valence-corrected chi connectivity index (χ2v) is 5.12. The lowest BCUT2D eigenvalue weighted by Crippen LogP contribution is -2.49. The Morgan fingerprint density at radius 3 is 2.52 bits per heavy atom. The molecule has 1 aliphatic carbocycles. The lowest BCUT2D eigenvalue weighted by Gasteiger charge is -2.35. The molecule has 0 aliphatic heterocycles. The third kappa shape index (κ3) is 3.93. The summed E-state index contributed by atoms with van der Waals surface area (Å²) in [6.07, 6.45) is -1.08. The normalized spacial score (nSPS) is 27.4. The van der Waals surface area contributed by atoms with Crippen LogP contribution in [-0.4, -0.2) is 70.6 Å². The predicted octanol–water partition coefficient (Wildman–Crippen LogP) is -1.14. The maximum absolute atomic E-state index is 11.2. The number of nitrogens with one attached hydrogen (secondary N) is 1. The van der Waals surface area contributed by atoms with Crippen LogP contribution in [-0.2, 0) is 9.53 Å². The van der Waals surface area contributed by atoms with E-state index in [1.165, 1.54) is 21.1 Å². The SMILES string of the molecule is CN=C1C[C@@](O)(CO)CC(N[C@H](C(=O)O)[C@@H](C)O)=C1OC. The zero-order chi connectivity index (χ0) is 16.2. The Hall–Kier alpha value is -1.64. The van der Waals surface area contributed by atoms with E-state index >= 15 is 0 Å². The third-order valence-electron chi connectivity index (χ3n) is 3.39. The molecule has 1 rings (SSSR count). The van der Waals surface area contributed by atoms with Crippen molar-refractivity contribution in [1.29, 1.82) is 0 Å². The summed E-state index contributed by atoms with van der Waals surface area (Å²) in [4.78, 5) is 15.2. The predicted molar refractivity (Wildman–Crippen MR) is 74.9 cm³/mol. The number of aliphatic imine (C=N–C) groups is 1. The summed E-state index contributed by atoms with van der Waals surface area (Å²) in [5.74, 6) is -0.913. The van der Waals surface area contributed by atoms with Gasteiger partial charge in [0.1, 0.15) is 0 Å². The Kier molecular flexibility index (Phi) is 5.70. The van der Waals surface area contributed by atoms with E-state index in [0.717, 1.165) is 0 Å². The molecule has 8 nitrogen and oxygen atoms in total. The number of aliphatic carboxylic acids is 1. The Morgan fingerprint density at radius 2 is 2.14 bits per heavy atom. The van der Waals surface area contributed by atoms with E-state index in [-0.39, 0.29) is 18.5 Å². The number of hydrogen-bond acceptors (Lipinski definition) is 7. The van der Waals surface area contributed by atoms with E-state index in [4.69, 9.17) is 9.84 Å². The molecule has 0 saturated heterocycles. The van der Waals surface area contributed by atoms with E-state index in [9.17, 15) is 20.1 Å². The summed E-state index contributed by atoms with van der Waals surface area (Å²) in [5.41, 5.74) is -0.743. The molecule has 0 bridgehead atoms. The molecule has 21 heavy (non-hydrogen) atoms. The lowest BCUT2D eigenvalue weighted by molar-refractivity contribution is -0.142. The van der Waals surface area contributed by atoms with Gasteiger partial charge in [-0.25, -0.2) is 4.79 Å². The Morgan fingerprint density at radius 1 is 1.52 bits per heavy atom. The van der Waals surface area contributed by atoms with E-state index < -0.39 is 30.3 Å². The number of carboxylic acid groups (broad SMARTS) is 1. The largest absolute Gasteiger partial charge is 0.493 e. The number of carboxylic acids is 1. The zero-order valence-electron chi connectivity index (χ0n) is 12.3. The fourth-order valence-electron chi connectivity index (χ4n) is 2.26. The van der Waals surface area contributed by atoms with Gasteiger partial charge in [0, 0.05) is 19.9 Å². The van der Waals surface area contributed by atoms with Crippen LogP contribution in [0.3, 0.4) is 0 Å². The molecule has 0 aromatic heterocycles. The van der Waals surface area contributed by atoms with Crippen LogP contribution in [0.15, 0.2) is 16.4 Å². The van der Waals surface area contributed by atoms with Crippen molar-refractivity contribution in [2.24, 2.45) is 4.99 Å². The van der Waals surface area contributed by atoms with Gasteiger partial charge in [0.25, 0.3) is 0 Å². The van der Waals surface area contributed by atoms with Crippen molar-refractivity contribution in [3.05, 3.63) is 11.5 Å². The van der Waals surface area contributed by atoms with E-state index in [1.807, 2.05) is 0 Å². The molecule has 0 spiro atoms. The Balaban J connectivity index is 3.19. The summed E-state index contributed by atoms with van der Waals surface area (Å²) in [6.45, 7) is 0.843. The van der Waals surface area contributed by atoms with Gasteiger partial charge >= 0.3 is 5.97 Å². The fraction of sp³-hybridized carbons (Fsp3) is 0.692. The van der Waals surface area contributed by atoms with E-state index in [1.54, 1.807) is 0 Å². The minimum Gasteiger partial charge on any atom is -0.493 e. The van der Waals surface area contributed by atoms with Crippen molar-refractivity contribution >= 4 is 11.7 Å².